The topological polar surface area (TPSA) is 29.3 Å². The van der Waals surface area contributed by atoms with E-state index in [1.54, 1.807) is 0 Å². The number of likely N-dealkylation sites (tertiary alicyclic amines) is 1. The number of nitrogens with zero attached hydrogens (tertiary/aromatic N) is 1. The second-order valence-electron chi connectivity index (χ2n) is 6.35. The van der Waals surface area contributed by atoms with Crippen molar-refractivity contribution in [1.82, 2.24) is 4.90 Å². The SMILES string of the molecule is CC(C)(C)CCN1CCC(C)(CN)C1. The van der Waals surface area contributed by atoms with E-state index in [4.69, 9.17) is 5.73 Å². The molecule has 0 aromatic heterocycles. The van der Waals surface area contributed by atoms with Gasteiger partial charge >= 0.3 is 0 Å². The summed E-state index contributed by atoms with van der Waals surface area (Å²) in [7, 11) is 0. The first kappa shape index (κ1) is 12.0. The summed E-state index contributed by atoms with van der Waals surface area (Å²) >= 11 is 0. The largest absolute Gasteiger partial charge is 0.330 e. The molecule has 2 nitrogen and oxygen atoms in total. The molecule has 1 unspecified atom stereocenters. The van der Waals surface area contributed by atoms with Crippen molar-refractivity contribution in [2.24, 2.45) is 16.6 Å². The highest BCUT2D eigenvalue weighted by Gasteiger charge is 2.32. The van der Waals surface area contributed by atoms with Gasteiger partial charge in [0, 0.05) is 6.54 Å². The predicted octanol–water partition coefficient (Wildman–Crippen LogP) is 2.09. The summed E-state index contributed by atoms with van der Waals surface area (Å²) in [5, 5.41) is 0. The molecule has 1 heterocycles. The summed E-state index contributed by atoms with van der Waals surface area (Å²) in [6.45, 7) is 13.7. The third kappa shape index (κ3) is 3.58. The normalized spacial score (nSPS) is 29.8. The maximum absolute atomic E-state index is 5.79. The first-order valence-electron chi connectivity index (χ1n) is 5.77. The zero-order valence-corrected chi connectivity index (χ0v) is 10.3. The van der Waals surface area contributed by atoms with Gasteiger partial charge < -0.3 is 10.6 Å². The summed E-state index contributed by atoms with van der Waals surface area (Å²) < 4.78 is 0. The van der Waals surface area contributed by atoms with E-state index in [0.717, 1.165) is 6.54 Å². The molecular formula is C12H26N2. The van der Waals surface area contributed by atoms with Crippen LogP contribution >= 0.6 is 0 Å². The Balaban J connectivity index is 2.30. The monoisotopic (exact) mass is 198 g/mol. The first-order valence-corrected chi connectivity index (χ1v) is 5.77. The Morgan fingerprint density at radius 1 is 1.36 bits per heavy atom. The summed E-state index contributed by atoms with van der Waals surface area (Å²) in [5.41, 5.74) is 6.63. The van der Waals surface area contributed by atoms with Crippen LogP contribution in [0.2, 0.25) is 0 Å². The molecule has 84 valence electrons. The molecule has 0 bridgehead atoms. The summed E-state index contributed by atoms with van der Waals surface area (Å²) in [6, 6.07) is 0. The van der Waals surface area contributed by atoms with E-state index in [2.05, 4.69) is 32.6 Å². The molecule has 14 heavy (non-hydrogen) atoms. The van der Waals surface area contributed by atoms with Crippen molar-refractivity contribution >= 4 is 0 Å². The maximum atomic E-state index is 5.79. The molecule has 1 fully saturated rings. The van der Waals surface area contributed by atoms with Gasteiger partial charge in [-0.25, -0.2) is 0 Å². The van der Waals surface area contributed by atoms with Crippen LogP contribution in [-0.2, 0) is 0 Å². The van der Waals surface area contributed by atoms with Crippen LogP contribution in [0.25, 0.3) is 0 Å². The zero-order chi connectivity index (χ0) is 10.8. The smallest absolute Gasteiger partial charge is 0.00479 e. The molecule has 2 heteroatoms. The van der Waals surface area contributed by atoms with Crippen molar-refractivity contribution < 1.29 is 0 Å². The van der Waals surface area contributed by atoms with Crippen molar-refractivity contribution in [3.8, 4) is 0 Å². The highest BCUT2D eigenvalue weighted by molar-refractivity contribution is 4.87. The van der Waals surface area contributed by atoms with E-state index >= 15 is 0 Å². The third-order valence-corrected chi connectivity index (χ3v) is 3.31. The average molecular weight is 198 g/mol. The van der Waals surface area contributed by atoms with Crippen molar-refractivity contribution in [2.75, 3.05) is 26.2 Å². The van der Waals surface area contributed by atoms with Gasteiger partial charge in [0.05, 0.1) is 0 Å². The Hall–Kier alpha value is -0.0800. The quantitative estimate of drug-likeness (QED) is 0.752. The van der Waals surface area contributed by atoms with Gasteiger partial charge in [-0.3, -0.25) is 0 Å². The molecule has 1 saturated heterocycles. The van der Waals surface area contributed by atoms with Crippen molar-refractivity contribution in [3.63, 3.8) is 0 Å². The average Bonchev–Trinajstić information content (AvgIpc) is 2.44. The van der Waals surface area contributed by atoms with E-state index < -0.39 is 0 Å². The molecule has 0 saturated carbocycles. The van der Waals surface area contributed by atoms with Gasteiger partial charge in [0.1, 0.15) is 0 Å². The second-order valence-corrected chi connectivity index (χ2v) is 6.35. The first-order chi connectivity index (χ1) is 6.35. The van der Waals surface area contributed by atoms with E-state index in [0.29, 0.717) is 10.8 Å². The van der Waals surface area contributed by atoms with Crippen LogP contribution in [0.4, 0.5) is 0 Å². The van der Waals surface area contributed by atoms with Crippen molar-refractivity contribution in [2.45, 2.75) is 40.5 Å². The molecule has 0 aromatic rings. The van der Waals surface area contributed by atoms with Crippen LogP contribution in [0.15, 0.2) is 0 Å². The summed E-state index contributed by atoms with van der Waals surface area (Å²) in [6.07, 6.45) is 2.56. The minimum absolute atomic E-state index is 0.387. The number of rotatable bonds is 3. The van der Waals surface area contributed by atoms with Crippen LogP contribution in [0.5, 0.6) is 0 Å². The van der Waals surface area contributed by atoms with Gasteiger partial charge in [0.2, 0.25) is 0 Å². The van der Waals surface area contributed by atoms with E-state index in [1.807, 2.05) is 0 Å². The van der Waals surface area contributed by atoms with Crippen LogP contribution in [0, 0.1) is 10.8 Å². The fourth-order valence-corrected chi connectivity index (χ4v) is 1.98. The number of hydrogen-bond donors (Lipinski definition) is 1. The highest BCUT2D eigenvalue weighted by atomic mass is 15.2. The highest BCUT2D eigenvalue weighted by Crippen LogP contribution is 2.29. The summed E-state index contributed by atoms with van der Waals surface area (Å²) in [5.74, 6) is 0. The van der Waals surface area contributed by atoms with Gasteiger partial charge in [0.25, 0.3) is 0 Å². The van der Waals surface area contributed by atoms with E-state index in [1.165, 1.54) is 32.5 Å². The molecule has 0 amide bonds. The fraction of sp³-hybridized carbons (Fsp3) is 1.00. The van der Waals surface area contributed by atoms with Gasteiger partial charge in [0.15, 0.2) is 0 Å². The maximum Gasteiger partial charge on any atom is 0.00479 e. The minimum Gasteiger partial charge on any atom is -0.330 e. The molecule has 1 aliphatic rings. The third-order valence-electron chi connectivity index (χ3n) is 3.31. The lowest BCUT2D eigenvalue weighted by atomic mass is 9.90. The summed E-state index contributed by atoms with van der Waals surface area (Å²) in [4.78, 5) is 2.57. The van der Waals surface area contributed by atoms with Crippen LogP contribution in [0.1, 0.15) is 40.5 Å². The van der Waals surface area contributed by atoms with Gasteiger partial charge in [-0.05, 0) is 43.3 Å². The Morgan fingerprint density at radius 3 is 2.43 bits per heavy atom. The molecule has 1 atom stereocenters. The fourth-order valence-electron chi connectivity index (χ4n) is 1.98. The van der Waals surface area contributed by atoms with Crippen molar-refractivity contribution in [1.29, 1.82) is 0 Å². The second kappa shape index (κ2) is 4.19. The van der Waals surface area contributed by atoms with Crippen LogP contribution < -0.4 is 5.73 Å². The van der Waals surface area contributed by atoms with Gasteiger partial charge in [-0.15, -0.1) is 0 Å². The molecule has 0 aliphatic carbocycles. The predicted molar refractivity (Wildman–Crippen MR) is 62.3 cm³/mol. The molecular weight excluding hydrogens is 172 g/mol. The lowest BCUT2D eigenvalue weighted by molar-refractivity contribution is 0.239. The zero-order valence-electron chi connectivity index (χ0n) is 10.3. The molecule has 1 aliphatic heterocycles. The Labute approximate surface area is 88.8 Å². The van der Waals surface area contributed by atoms with Crippen LogP contribution in [0.3, 0.4) is 0 Å². The number of nitrogens with two attached hydrogens (primary N) is 1. The van der Waals surface area contributed by atoms with Gasteiger partial charge in [-0.1, -0.05) is 27.7 Å². The Morgan fingerprint density at radius 2 is 2.00 bits per heavy atom. The lowest BCUT2D eigenvalue weighted by Crippen LogP contribution is -2.32. The Kier molecular flexibility index (Phi) is 3.59. The number of hydrogen-bond acceptors (Lipinski definition) is 2. The van der Waals surface area contributed by atoms with Crippen LogP contribution in [-0.4, -0.2) is 31.1 Å². The van der Waals surface area contributed by atoms with Gasteiger partial charge in [-0.2, -0.15) is 0 Å². The molecule has 0 spiro atoms. The standard InChI is InChI=1S/C12H26N2/c1-11(2,3)5-7-14-8-6-12(4,9-13)10-14/h5-10,13H2,1-4H3. The van der Waals surface area contributed by atoms with E-state index in [9.17, 15) is 0 Å². The molecule has 2 N–H and O–H groups in total. The van der Waals surface area contributed by atoms with Crippen molar-refractivity contribution in [3.05, 3.63) is 0 Å². The lowest BCUT2D eigenvalue weighted by Gasteiger charge is -2.25. The molecule has 0 aromatic carbocycles. The Bertz CT molecular complexity index is 183. The van der Waals surface area contributed by atoms with E-state index in [-0.39, 0.29) is 0 Å². The molecule has 0 radical (unpaired) electrons. The molecule has 1 rings (SSSR count). The minimum atomic E-state index is 0.387.